The first-order valence-electron chi connectivity index (χ1n) is 7.84. The summed E-state index contributed by atoms with van der Waals surface area (Å²) in [6, 6.07) is 8.01. The molecule has 1 heterocycles. The molecule has 7 heteroatoms. The van der Waals surface area contributed by atoms with Gasteiger partial charge in [-0.05, 0) is 44.9 Å². The van der Waals surface area contributed by atoms with Gasteiger partial charge >= 0.3 is 6.09 Å². The highest BCUT2D eigenvalue weighted by Crippen LogP contribution is 2.13. The van der Waals surface area contributed by atoms with Gasteiger partial charge in [0.1, 0.15) is 5.60 Å². The zero-order valence-electron chi connectivity index (χ0n) is 14.1. The van der Waals surface area contributed by atoms with E-state index in [4.69, 9.17) is 9.26 Å². The molecule has 1 aromatic heterocycles. The molecule has 0 bridgehead atoms. The van der Waals surface area contributed by atoms with E-state index < -0.39 is 11.7 Å². The number of ether oxygens (including phenoxy) is 1. The summed E-state index contributed by atoms with van der Waals surface area (Å²) in [6.45, 7) is 5.99. The lowest BCUT2D eigenvalue weighted by molar-refractivity contribution is 0.0527. The van der Waals surface area contributed by atoms with Crippen LogP contribution in [-0.2, 0) is 17.6 Å². The third-order valence-corrected chi connectivity index (χ3v) is 3.55. The fraction of sp³-hybridized carbons (Fsp3) is 0.471. The number of aromatic nitrogens is 2. The number of carbonyl (C=O) groups is 1. The first kappa shape index (κ1) is 18.4. The van der Waals surface area contributed by atoms with Gasteiger partial charge in [-0.2, -0.15) is 4.98 Å². The van der Waals surface area contributed by atoms with Crippen LogP contribution in [-0.4, -0.2) is 28.4 Å². The summed E-state index contributed by atoms with van der Waals surface area (Å²) in [6.07, 6.45) is 1.54. The van der Waals surface area contributed by atoms with Crippen LogP contribution in [0.2, 0.25) is 0 Å². The van der Waals surface area contributed by atoms with Gasteiger partial charge in [0, 0.05) is 23.9 Å². The van der Waals surface area contributed by atoms with E-state index in [9.17, 15) is 4.79 Å². The number of nitrogens with one attached hydrogen (secondary N) is 1. The van der Waals surface area contributed by atoms with Crippen LogP contribution in [0.3, 0.4) is 0 Å². The first-order chi connectivity index (χ1) is 11.3. The number of rotatable bonds is 6. The predicted molar refractivity (Wildman–Crippen MR) is 93.8 cm³/mol. The molecule has 6 nitrogen and oxygen atoms in total. The van der Waals surface area contributed by atoms with Gasteiger partial charge in [-0.15, -0.1) is 0 Å². The number of amides is 1. The summed E-state index contributed by atoms with van der Waals surface area (Å²) in [4.78, 5) is 15.9. The number of alkyl carbamates (subject to hydrolysis) is 1. The molecular formula is C17H22BrN3O3. The molecule has 2 rings (SSSR count). The average Bonchev–Trinajstić information content (AvgIpc) is 2.92. The Hall–Kier alpha value is -1.89. The highest BCUT2D eigenvalue weighted by molar-refractivity contribution is 9.10. The second kappa shape index (κ2) is 8.28. The molecule has 2 aromatic rings. The van der Waals surface area contributed by atoms with Gasteiger partial charge < -0.3 is 14.6 Å². The molecule has 0 saturated heterocycles. The topological polar surface area (TPSA) is 77.2 Å². The average molecular weight is 396 g/mol. The fourth-order valence-electron chi connectivity index (χ4n) is 1.99. The summed E-state index contributed by atoms with van der Waals surface area (Å²) >= 11 is 3.41. The highest BCUT2D eigenvalue weighted by atomic mass is 79.9. The van der Waals surface area contributed by atoms with Gasteiger partial charge in [0.2, 0.25) is 5.89 Å². The van der Waals surface area contributed by atoms with E-state index in [0.717, 1.165) is 10.0 Å². The minimum Gasteiger partial charge on any atom is -0.444 e. The van der Waals surface area contributed by atoms with Gasteiger partial charge in [0.15, 0.2) is 5.82 Å². The standard InChI is InChI=1S/C17H22BrN3O3/c1-17(2,3)23-16(22)19-10-4-5-15-20-14(21-24-15)11-12-6-8-13(18)9-7-12/h6-9H,4-5,10-11H2,1-3H3,(H,19,22). The van der Waals surface area contributed by atoms with Crippen LogP contribution in [0.1, 0.15) is 44.5 Å². The van der Waals surface area contributed by atoms with E-state index in [2.05, 4.69) is 31.4 Å². The Kier molecular flexibility index (Phi) is 6.36. The summed E-state index contributed by atoms with van der Waals surface area (Å²) in [7, 11) is 0. The molecule has 0 aliphatic heterocycles. The number of hydrogen-bond donors (Lipinski definition) is 1. The molecule has 0 saturated carbocycles. The van der Waals surface area contributed by atoms with Crippen molar-refractivity contribution in [2.45, 2.75) is 45.6 Å². The van der Waals surface area contributed by atoms with Crippen molar-refractivity contribution in [3.63, 3.8) is 0 Å². The molecule has 0 fully saturated rings. The second-order valence-electron chi connectivity index (χ2n) is 6.44. The minimum absolute atomic E-state index is 0.413. The minimum atomic E-state index is -0.488. The number of benzene rings is 1. The SMILES string of the molecule is CC(C)(C)OC(=O)NCCCc1nc(Cc2ccc(Br)cc2)no1. The third-order valence-electron chi connectivity index (χ3n) is 3.02. The van der Waals surface area contributed by atoms with E-state index in [-0.39, 0.29) is 0 Å². The first-order valence-corrected chi connectivity index (χ1v) is 8.64. The zero-order valence-corrected chi connectivity index (χ0v) is 15.7. The van der Waals surface area contributed by atoms with Crippen LogP contribution < -0.4 is 5.32 Å². The van der Waals surface area contributed by atoms with Crippen molar-refractivity contribution in [1.82, 2.24) is 15.5 Å². The Balaban J connectivity index is 1.72. The quantitative estimate of drug-likeness (QED) is 0.750. The monoisotopic (exact) mass is 395 g/mol. The maximum Gasteiger partial charge on any atom is 0.407 e. The Morgan fingerprint density at radius 2 is 2.00 bits per heavy atom. The zero-order chi connectivity index (χ0) is 17.6. The normalized spacial score (nSPS) is 11.3. The Morgan fingerprint density at radius 3 is 2.67 bits per heavy atom. The highest BCUT2D eigenvalue weighted by Gasteiger charge is 2.15. The molecule has 0 radical (unpaired) electrons. The third kappa shape index (κ3) is 6.70. The van der Waals surface area contributed by atoms with Crippen molar-refractivity contribution in [3.8, 4) is 0 Å². The largest absolute Gasteiger partial charge is 0.444 e. The number of halogens is 1. The molecule has 130 valence electrons. The van der Waals surface area contributed by atoms with Crippen molar-refractivity contribution >= 4 is 22.0 Å². The van der Waals surface area contributed by atoms with E-state index in [1.807, 2.05) is 45.0 Å². The lowest BCUT2D eigenvalue weighted by Crippen LogP contribution is -2.33. The van der Waals surface area contributed by atoms with Gasteiger partial charge in [0.05, 0.1) is 0 Å². The maximum atomic E-state index is 11.5. The molecule has 1 aromatic carbocycles. The summed E-state index contributed by atoms with van der Waals surface area (Å²) < 4.78 is 11.4. The van der Waals surface area contributed by atoms with Crippen LogP contribution in [0.5, 0.6) is 0 Å². The molecule has 0 unspecified atom stereocenters. The van der Waals surface area contributed by atoms with E-state index in [1.54, 1.807) is 0 Å². The van der Waals surface area contributed by atoms with Crippen molar-refractivity contribution < 1.29 is 14.1 Å². The van der Waals surface area contributed by atoms with Crippen LogP contribution >= 0.6 is 15.9 Å². The molecule has 0 spiro atoms. The lowest BCUT2D eigenvalue weighted by atomic mass is 10.1. The predicted octanol–water partition coefficient (Wildman–Crippen LogP) is 3.88. The molecule has 0 atom stereocenters. The van der Waals surface area contributed by atoms with Crippen molar-refractivity contribution in [3.05, 3.63) is 46.0 Å². The number of carbonyl (C=O) groups excluding carboxylic acids is 1. The summed E-state index contributed by atoms with van der Waals surface area (Å²) in [5.41, 5.74) is 0.635. The van der Waals surface area contributed by atoms with E-state index in [1.165, 1.54) is 0 Å². The van der Waals surface area contributed by atoms with Gasteiger partial charge in [-0.1, -0.05) is 33.2 Å². The van der Waals surface area contributed by atoms with Crippen molar-refractivity contribution in [1.29, 1.82) is 0 Å². The maximum absolute atomic E-state index is 11.5. The number of nitrogens with zero attached hydrogens (tertiary/aromatic N) is 2. The van der Waals surface area contributed by atoms with Crippen LogP contribution in [0.15, 0.2) is 33.3 Å². The molecule has 1 amide bonds. The van der Waals surface area contributed by atoms with Gasteiger partial charge in [-0.25, -0.2) is 4.79 Å². The van der Waals surface area contributed by atoms with Crippen molar-refractivity contribution in [2.24, 2.45) is 0 Å². The molecule has 0 aliphatic carbocycles. The van der Waals surface area contributed by atoms with E-state index in [0.29, 0.717) is 37.5 Å². The Morgan fingerprint density at radius 1 is 1.29 bits per heavy atom. The van der Waals surface area contributed by atoms with E-state index >= 15 is 0 Å². The van der Waals surface area contributed by atoms with Crippen molar-refractivity contribution in [2.75, 3.05) is 6.54 Å². The van der Waals surface area contributed by atoms with Crippen LogP contribution in [0.4, 0.5) is 4.79 Å². The Bertz CT molecular complexity index is 662. The second-order valence-corrected chi connectivity index (χ2v) is 7.36. The number of hydrogen-bond acceptors (Lipinski definition) is 5. The summed E-state index contributed by atoms with van der Waals surface area (Å²) in [5.74, 6) is 1.24. The van der Waals surface area contributed by atoms with Gasteiger partial charge in [0.25, 0.3) is 0 Å². The molecule has 0 aliphatic rings. The number of aryl methyl sites for hydroxylation is 1. The lowest BCUT2D eigenvalue weighted by Gasteiger charge is -2.19. The fourth-order valence-corrected chi connectivity index (χ4v) is 2.26. The van der Waals surface area contributed by atoms with Crippen LogP contribution in [0.25, 0.3) is 0 Å². The van der Waals surface area contributed by atoms with Gasteiger partial charge in [-0.3, -0.25) is 0 Å². The molecule has 1 N–H and O–H groups in total. The summed E-state index contributed by atoms with van der Waals surface area (Å²) in [5, 5.41) is 6.69. The van der Waals surface area contributed by atoms with Crippen LogP contribution in [0, 0.1) is 0 Å². The molecule has 24 heavy (non-hydrogen) atoms. The smallest absolute Gasteiger partial charge is 0.407 e. The Labute approximate surface area is 150 Å². The molecular weight excluding hydrogens is 374 g/mol.